The van der Waals surface area contributed by atoms with Gasteiger partial charge in [0.25, 0.3) is 0 Å². The van der Waals surface area contributed by atoms with Crippen LogP contribution in [0, 0.1) is 0 Å². The molecule has 2 N–H and O–H groups in total. The Morgan fingerprint density at radius 2 is 2.29 bits per heavy atom. The summed E-state index contributed by atoms with van der Waals surface area (Å²) in [5.74, 6) is 0.226. The highest BCUT2D eigenvalue weighted by molar-refractivity contribution is 5.88. The molecule has 0 fully saturated rings. The van der Waals surface area contributed by atoms with Crippen LogP contribution in [0.25, 0.3) is 11.0 Å². The molecule has 1 aromatic carbocycles. The average Bonchev–Trinajstić information content (AvgIpc) is 2.67. The lowest BCUT2D eigenvalue weighted by Gasteiger charge is -2.23. The van der Waals surface area contributed by atoms with E-state index < -0.39 is 0 Å². The van der Waals surface area contributed by atoms with Gasteiger partial charge < -0.3 is 14.8 Å². The van der Waals surface area contributed by atoms with Gasteiger partial charge in [0, 0.05) is 29.5 Å². The standard InChI is InChI=1S/C13H13NO3/c1-7(15)14-9-4-8-6-17-12-3-2-11(16)10(5-9)13(8)12/h2-3,6,9,16H,4-5H2,1H3,(H,14,15). The van der Waals surface area contributed by atoms with Crippen molar-refractivity contribution < 1.29 is 14.3 Å². The number of nitrogens with one attached hydrogen (secondary N) is 1. The molecule has 0 spiro atoms. The topological polar surface area (TPSA) is 62.5 Å². The Morgan fingerprint density at radius 3 is 3.06 bits per heavy atom. The van der Waals surface area contributed by atoms with Gasteiger partial charge in [-0.15, -0.1) is 0 Å². The van der Waals surface area contributed by atoms with E-state index in [9.17, 15) is 9.90 Å². The molecule has 3 rings (SSSR count). The van der Waals surface area contributed by atoms with Gasteiger partial charge in [-0.05, 0) is 25.0 Å². The first-order valence-corrected chi connectivity index (χ1v) is 5.63. The molecule has 1 amide bonds. The predicted octanol–water partition coefficient (Wildman–Crippen LogP) is 1.74. The summed E-state index contributed by atoms with van der Waals surface area (Å²) in [6.45, 7) is 1.51. The van der Waals surface area contributed by atoms with Gasteiger partial charge in [-0.2, -0.15) is 0 Å². The first-order chi connectivity index (χ1) is 8.15. The maximum absolute atomic E-state index is 11.1. The van der Waals surface area contributed by atoms with Crippen LogP contribution in [0.4, 0.5) is 0 Å². The summed E-state index contributed by atoms with van der Waals surface area (Å²) in [4.78, 5) is 11.1. The molecule has 1 aromatic heterocycles. The fraction of sp³-hybridized carbons (Fsp3) is 0.308. The summed E-state index contributed by atoms with van der Waals surface area (Å²) in [7, 11) is 0. The van der Waals surface area contributed by atoms with Gasteiger partial charge in [0.1, 0.15) is 11.3 Å². The fourth-order valence-electron chi connectivity index (χ4n) is 2.59. The highest BCUT2D eigenvalue weighted by Gasteiger charge is 2.25. The molecular weight excluding hydrogens is 218 g/mol. The van der Waals surface area contributed by atoms with E-state index in [0.717, 1.165) is 28.5 Å². The third-order valence-electron chi connectivity index (χ3n) is 3.22. The Labute approximate surface area is 98.2 Å². The van der Waals surface area contributed by atoms with Gasteiger partial charge in [0.2, 0.25) is 5.91 Å². The zero-order valence-corrected chi connectivity index (χ0v) is 9.49. The van der Waals surface area contributed by atoms with E-state index in [-0.39, 0.29) is 17.7 Å². The van der Waals surface area contributed by atoms with Crippen LogP contribution in [-0.2, 0) is 17.6 Å². The Morgan fingerprint density at radius 1 is 1.47 bits per heavy atom. The maximum atomic E-state index is 11.1. The van der Waals surface area contributed by atoms with E-state index in [1.165, 1.54) is 6.92 Å². The van der Waals surface area contributed by atoms with Crippen molar-refractivity contribution in [1.29, 1.82) is 0 Å². The number of phenols is 1. The Hall–Kier alpha value is -1.97. The van der Waals surface area contributed by atoms with Crippen molar-refractivity contribution in [3.63, 3.8) is 0 Å². The Kier molecular flexibility index (Phi) is 2.11. The second kappa shape index (κ2) is 3.52. The number of benzene rings is 1. The van der Waals surface area contributed by atoms with Crippen LogP contribution in [0.5, 0.6) is 5.75 Å². The van der Waals surface area contributed by atoms with E-state index in [0.29, 0.717) is 6.42 Å². The van der Waals surface area contributed by atoms with E-state index in [2.05, 4.69) is 5.32 Å². The van der Waals surface area contributed by atoms with Crippen LogP contribution in [-0.4, -0.2) is 17.1 Å². The number of carbonyl (C=O) groups excluding carboxylic acids is 1. The minimum Gasteiger partial charge on any atom is -0.508 e. The molecule has 4 heteroatoms. The molecule has 1 atom stereocenters. The molecule has 1 aliphatic carbocycles. The van der Waals surface area contributed by atoms with E-state index in [1.54, 1.807) is 18.4 Å². The molecule has 4 nitrogen and oxygen atoms in total. The minimum absolute atomic E-state index is 0.0362. The molecule has 0 saturated carbocycles. The maximum Gasteiger partial charge on any atom is 0.217 e. The number of hydrogen-bond acceptors (Lipinski definition) is 3. The summed E-state index contributed by atoms with van der Waals surface area (Å²) < 4.78 is 5.45. The number of amides is 1. The lowest BCUT2D eigenvalue weighted by Crippen LogP contribution is -2.38. The van der Waals surface area contributed by atoms with E-state index >= 15 is 0 Å². The summed E-state index contributed by atoms with van der Waals surface area (Å²) in [5, 5.41) is 13.8. The minimum atomic E-state index is -0.0476. The second-order valence-electron chi connectivity index (χ2n) is 4.50. The molecule has 88 valence electrons. The second-order valence-corrected chi connectivity index (χ2v) is 4.50. The first kappa shape index (κ1) is 10.2. The molecule has 0 radical (unpaired) electrons. The van der Waals surface area contributed by atoms with Crippen LogP contribution >= 0.6 is 0 Å². The van der Waals surface area contributed by atoms with Gasteiger partial charge in [0.15, 0.2) is 0 Å². The normalized spacial score (nSPS) is 18.3. The summed E-state index contributed by atoms with van der Waals surface area (Å²) in [5.41, 5.74) is 2.72. The number of hydrogen-bond donors (Lipinski definition) is 2. The van der Waals surface area contributed by atoms with E-state index in [4.69, 9.17) is 4.42 Å². The van der Waals surface area contributed by atoms with Crippen molar-refractivity contribution in [1.82, 2.24) is 5.32 Å². The molecule has 2 aromatic rings. The quantitative estimate of drug-likeness (QED) is 0.785. The smallest absolute Gasteiger partial charge is 0.217 e. The molecular formula is C13H13NO3. The average molecular weight is 231 g/mol. The van der Waals surface area contributed by atoms with Crippen molar-refractivity contribution in [3.05, 3.63) is 29.5 Å². The van der Waals surface area contributed by atoms with Crippen LogP contribution in [0.3, 0.4) is 0 Å². The number of carbonyl (C=O) groups is 1. The van der Waals surface area contributed by atoms with Crippen molar-refractivity contribution >= 4 is 16.9 Å². The fourth-order valence-corrected chi connectivity index (χ4v) is 2.59. The van der Waals surface area contributed by atoms with Gasteiger partial charge in [0.05, 0.1) is 6.26 Å². The van der Waals surface area contributed by atoms with Gasteiger partial charge >= 0.3 is 0 Å². The molecule has 17 heavy (non-hydrogen) atoms. The van der Waals surface area contributed by atoms with Crippen molar-refractivity contribution in [3.8, 4) is 5.75 Å². The summed E-state index contributed by atoms with van der Waals surface area (Å²) in [6, 6.07) is 3.45. The number of furan rings is 1. The lowest BCUT2D eigenvalue weighted by atomic mass is 9.88. The molecule has 0 bridgehead atoms. The van der Waals surface area contributed by atoms with Crippen LogP contribution in [0.2, 0.25) is 0 Å². The number of rotatable bonds is 1. The highest BCUT2D eigenvalue weighted by atomic mass is 16.3. The van der Waals surface area contributed by atoms with Crippen LogP contribution in [0.1, 0.15) is 18.1 Å². The van der Waals surface area contributed by atoms with E-state index in [1.807, 2.05) is 0 Å². The third-order valence-corrected chi connectivity index (χ3v) is 3.22. The van der Waals surface area contributed by atoms with Gasteiger partial charge in [-0.3, -0.25) is 4.79 Å². The SMILES string of the molecule is CC(=O)NC1Cc2coc3ccc(O)c(c23)C1. The van der Waals surface area contributed by atoms with Crippen LogP contribution < -0.4 is 5.32 Å². The van der Waals surface area contributed by atoms with Crippen molar-refractivity contribution in [2.45, 2.75) is 25.8 Å². The molecule has 1 heterocycles. The molecule has 1 aliphatic rings. The first-order valence-electron chi connectivity index (χ1n) is 5.63. The summed E-state index contributed by atoms with van der Waals surface area (Å²) in [6.07, 6.45) is 3.11. The Bertz CT molecular complexity index is 600. The highest BCUT2D eigenvalue weighted by Crippen LogP contribution is 2.36. The number of aromatic hydroxyl groups is 1. The monoisotopic (exact) mass is 231 g/mol. The molecule has 0 saturated heterocycles. The predicted molar refractivity (Wildman–Crippen MR) is 62.9 cm³/mol. The number of phenolic OH excluding ortho intramolecular Hbond substituents is 1. The van der Waals surface area contributed by atoms with Gasteiger partial charge in [-0.1, -0.05) is 0 Å². The largest absolute Gasteiger partial charge is 0.508 e. The van der Waals surface area contributed by atoms with Crippen LogP contribution in [0.15, 0.2) is 22.8 Å². The Balaban J connectivity index is 2.09. The molecule has 1 unspecified atom stereocenters. The zero-order chi connectivity index (χ0) is 12.0. The molecule has 0 aliphatic heterocycles. The van der Waals surface area contributed by atoms with Gasteiger partial charge in [-0.25, -0.2) is 0 Å². The third kappa shape index (κ3) is 1.56. The zero-order valence-electron chi connectivity index (χ0n) is 9.49. The van der Waals surface area contributed by atoms with Crippen molar-refractivity contribution in [2.75, 3.05) is 0 Å². The lowest BCUT2D eigenvalue weighted by molar-refractivity contribution is -0.119. The summed E-state index contributed by atoms with van der Waals surface area (Å²) >= 11 is 0. The van der Waals surface area contributed by atoms with Crippen molar-refractivity contribution in [2.24, 2.45) is 0 Å².